The fourth-order valence-electron chi connectivity index (χ4n) is 2.20. The van der Waals surface area contributed by atoms with E-state index in [1.807, 2.05) is 19.1 Å². The van der Waals surface area contributed by atoms with Gasteiger partial charge in [0.05, 0.1) is 17.0 Å². The van der Waals surface area contributed by atoms with Crippen molar-refractivity contribution in [1.29, 1.82) is 0 Å². The zero-order valence-electron chi connectivity index (χ0n) is 13.4. The molecule has 0 atom stereocenters. The number of hydrogen-bond acceptors (Lipinski definition) is 3. The van der Waals surface area contributed by atoms with Gasteiger partial charge in [-0.05, 0) is 49.4 Å². The minimum absolute atomic E-state index is 0.171. The fourth-order valence-corrected chi connectivity index (χ4v) is 2.36. The van der Waals surface area contributed by atoms with Crippen LogP contribution in [0.25, 0.3) is 0 Å². The van der Waals surface area contributed by atoms with Gasteiger partial charge in [-0.15, -0.1) is 0 Å². The van der Waals surface area contributed by atoms with Crippen LogP contribution in [0.5, 0.6) is 0 Å². The lowest BCUT2D eigenvalue weighted by Gasteiger charge is -2.10. The third-order valence-corrected chi connectivity index (χ3v) is 3.86. The van der Waals surface area contributed by atoms with Gasteiger partial charge in [-0.2, -0.15) is 0 Å². The van der Waals surface area contributed by atoms with Gasteiger partial charge >= 0.3 is 0 Å². The van der Waals surface area contributed by atoms with Gasteiger partial charge in [0.2, 0.25) is 0 Å². The van der Waals surface area contributed by atoms with E-state index in [0.717, 1.165) is 5.56 Å². The summed E-state index contributed by atoms with van der Waals surface area (Å²) in [5.74, 6) is -0.496. The Bertz CT molecular complexity index is 903. The number of aryl methyl sites for hydroxylation is 1. The van der Waals surface area contributed by atoms with E-state index in [9.17, 15) is 9.59 Å². The first kappa shape index (κ1) is 16.8. The fraction of sp³-hybridized carbons (Fsp3) is 0.0526. The summed E-state index contributed by atoms with van der Waals surface area (Å²) in [4.78, 5) is 24.3. The van der Waals surface area contributed by atoms with Crippen LogP contribution in [0.1, 0.15) is 26.5 Å². The van der Waals surface area contributed by atoms with E-state index >= 15 is 0 Å². The molecule has 0 bridgehead atoms. The third kappa shape index (κ3) is 4.08. The van der Waals surface area contributed by atoms with Crippen molar-refractivity contribution in [3.8, 4) is 0 Å². The molecule has 0 spiro atoms. The van der Waals surface area contributed by atoms with Gasteiger partial charge in [0, 0.05) is 11.3 Å². The van der Waals surface area contributed by atoms with Gasteiger partial charge in [-0.1, -0.05) is 29.3 Å². The second kappa shape index (κ2) is 7.23. The van der Waals surface area contributed by atoms with Crippen LogP contribution < -0.4 is 10.6 Å². The number of halogens is 1. The van der Waals surface area contributed by atoms with Crippen LogP contribution in [0.2, 0.25) is 5.02 Å². The molecule has 2 aromatic carbocycles. The highest BCUT2D eigenvalue weighted by atomic mass is 35.5. The lowest BCUT2D eigenvalue weighted by Crippen LogP contribution is -2.14. The van der Waals surface area contributed by atoms with Crippen LogP contribution in [0.3, 0.4) is 0 Å². The molecule has 0 radical (unpaired) electrons. The van der Waals surface area contributed by atoms with Crippen molar-refractivity contribution < 1.29 is 14.0 Å². The van der Waals surface area contributed by atoms with Gasteiger partial charge in [0.15, 0.2) is 5.76 Å². The molecule has 0 saturated carbocycles. The van der Waals surface area contributed by atoms with Gasteiger partial charge < -0.3 is 15.1 Å². The maximum absolute atomic E-state index is 12.3. The van der Waals surface area contributed by atoms with Crippen molar-refractivity contribution in [1.82, 2.24) is 0 Å². The van der Waals surface area contributed by atoms with Crippen LogP contribution >= 0.6 is 11.6 Å². The highest BCUT2D eigenvalue weighted by molar-refractivity contribution is 6.34. The normalized spacial score (nSPS) is 10.3. The largest absolute Gasteiger partial charge is 0.459 e. The summed E-state index contributed by atoms with van der Waals surface area (Å²) in [6.45, 7) is 1.95. The Kier molecular flexibility index (Phi) is 4.86. The molecule has 0 aliphatic carbocycles. The van der Waals surface area contributed by atoms with Gasteiger partial charge in [0.25, 0.3) is 11.8 Å². The van der Waals surface area contributed by atoms with Crippen molar-refractivity contribution in [2.75, 3.05) is 10.6 Å². The van der Waals surface area contributed by atoms with E-state index in [2.05, 4.69) is 10.6 Å². The molecule has 5 nitrogen and oxygen atoms in total. The van der Waals surface area contributed by atoms with Crippen LogP contribution in [-0.2, 0) is 0 Å². The Morgan fingerprint density at radius 1 is 0.960 bits per heavy atom. The Balaban J connectivity index is 1.75. The lowest BCUT2D eigenvalue weighted by atomic mass is 10.1. The minimum Gasteiger partial charge on any atom is -0.459 e. The smallest absolute Gasteiger partial charge is 0.291 e. The van der Waals surface area contributed by atoms with E-state index in [1.165, 1.54) is 6.26 Å². The average molecular weight is 355 g/mol. The van der Waals surface area contributed by atoms with E-state index in [1.54, 1.807) is 42.5 Å². The minimum atomic E-state index is -0.422. The standard InChI is InChI=1S/C19H15ClN2O3/c1-12-4-6-13(7-5-12)18(23)21-14-8-9-15(20)16(11-14)22-19(24)17-3-2-10-25-17/h2-11H,1H3,(H,21,23)(H,22,24). The number of carbonyl (C=O) groups is 2. The second-order valence-electron chi connectivity index (χ2n) is 5.45. The topological polar surface area (TPSA) is 71.3 Å². The highest BCUT2D eigenvalue weighted by Gasteiger charge is 2.12. The molecule has 6 heteroatoms. The summed E-state index contributed by atoms with van der Waals surface area (Å²) in [7, 11) is 0. The van der Waals surface area contributed by atoms with Crippen molar-refractivity contribution in [2.24, 2.45) is 0 Å². The van der Waals surface area contributed by atoms with E-state index in [-0.39, 0.29) is 11.7 Å². The Hall–Kier alpha value is -3.05. The molecule has 2 amide bonds. The lowest BCUT2D eigenvalue weighted by molar-refractivity contribution is 0.0995. The number of benzene rings is 2. The van der Waals surface area contributed by atoms with E-state index in [0.29, 0.717) is 22.0 Å². The summed E-state index contributed by atoms with van der Waals surface area (Å²) in [6.07, 6.45) is 1.41. The maximum Gasteiger partial charge on any atom is 0.291 e. The Labute approximate surface area is 149 Å². The van der Waals surface area contributed by atoms with Crippen molar-refractivity contribution in [3.63, 3.8) is 0 Å². The van der Waals surface area contributed by atoms with Crippen molar-refractivity contribution >= 4 is 34.8 Å². The van der Waals surface area contributed by atoms with E-state index in [4.69, 9.17) is 16.0 Å². The number of hydrogen-bond donors (Lipinski definition) is 2. The maximum atomic E-state index is 12.3. The number of rotatable bonds is 4. The number of nitrogens with one attached hydrogen (secondary N) is 2. The molecule has 126 valence electrons. The molecule has 3 aromatic rings. The molecule has 0 saturated heterocycles. The van der Waals surface area contributed by atoms with Crippen LogP contribution in [0.4, 0.5) is 11.4 Å². The molecule has 0 aliphatic heterocycles. The molecule has 0 aliphatic rings. The number of carbonyl (C=O) groups excluding carboxylic acids is 2. The van der Waals surface area contributed by atoms with Crippen LogP contribution in [0.15, 0.2) is 65.3 Å². The molecular weight excluding hydrogens is 340 g/mol. The Morgan fingerprint density at radius 3 is 2.40 bits per heavy atom. The number of amides is 2. The van der Waals surface area contributed by atoms with Gasteiger partial charge in [-0.3, -0.25) is 9.59 Å². The Morgan fingerprint density at radius 2 is 1.72 bits per heavy atom. The molecule has 3 rings (SSSR count). The van der Waals surface area contributed by atoms with Gasteiger partial charge in [0.1, 0.15) is 0 Å². The quantitative estimate of drug-likeness (QED) is 0.710. The SMILES string of the molecule is Cc1ccc(C(=O)Nc2ccc(Cl)c(NC(=O)c3ccco3)c2)cc1. The zero-order chi connectivity index (χ0) is 17.8. The van der Waals surface area contributed by atoms with Crippen molar-refractivity contribution in [2.45, 2.75) is 6.92 Å². The molecular formula is C19H15ClN2O3. The molecule has 0 fully saturated rings. The summed E-state index contributed by atoms with van der Waals surface area (Å²) < 4.78 is 5.04. The molecule has 0 unspecified atom stereocenters. The van der Waals surface area contributed by atoms with Crippen LogP contribution in [0, 0.1) is 6.92 Å². The molecule has 1 heterocycles. The zero-order valence-corrected chi connectivity index (χ0v) is 14.1. The average Bonchev–Trinajstić information content (AvgIpc) is 3.13. The van der Waals surface area contributed by atoms with Crippen LogP contribution in [-0.4, -0.2) is 11.8 Å². The predicted molar refractivity (Wildman–Crippen MR) is 97.2 cm³/mol. The number of anilines is 2. The first-order valence-electron chi connectivity index (χ1n) is 7.55. The predicted octanol–water partition coefficient (Wildman–Crippen LogP) is 4.75. The van der Waals surface area contributed by atoms with Gasteiger partial charge in [-0.25, -0.2) is 0 Å². The molecule has 2 N–H and O–H groups in total. The van der Waals surface area contributed by atoms with Crippen molar-refractivity contribution in [3.05, 3.63) is 82.8 Å². The monoisotopic (exact) mass is 354 g/mol. The summed E-state index contributed by atoms with van der Waals surface area (Å²) in [5, 5.41) is 5.79. The molecule has 1 aromatic heterocycles. The third-order valence-electron chi connectivity index (χ3n) is 3.53. The summed E-state index contributed by atoms with van der Waals surface area (Å²) in [6, 6.07) is 15.3. The highest BCUT2D eigenvalue weighted by Crippen LogP contribution is 2.26. The second-order valence-corrected chi connectivity index (χ2v) is 5.85. The number of furan rings is 1. The molecule has 25 heavy (non-hydrogen) atoms. The first-order valence-corrected chi connectivity index (χ1v) is 7.93. The summed E-state index contributed by atoms with van der Waals surface area (Å²) in [5.41, 5.74) is 2.52. The summed E-state index contributed by atoms with van der Waals surface area (Å²) >= 11 is 6.11. The first-order chi connectivity index (χ1) is 12.0. The van der Waals surface area contributed by atoms with E-state index < -0.39 is 5.91 Å².